The predicted molar refractivity (Wildman–Crippen MR) is 91.2 cm³/mol. The molecule has 0 spiro atoms. The Labute approximate surface area is 149 Å². The molecule has 1 aliphatic heterocycles. The van der Waals surface area contributed by atoms with E-state index in [4.69, 9.17) is 20.6 Å². The molecule has 9 nitrogen and oxygen atoms in total. The van der Waals surface area contributed by atoms with Crippen molar-refractivity contribution in [1.82, 2.24) is 9.97 Å². The second kappa shape index (κ2) is 9.62. The molecule has 11 heteroatoms. The van der Waals surface area contributed by atoms with Gasteiger partial charge in [-0.3, -0.25) is 10.2 Å². The zero-order chi connectivity index (χ0) is 16.8. The average molecular weight is 378 g/mol. The fourth-order valence-corrected chi connectivity index (χ4v) is 2.76. The second-order valence-corrected chi connectivity index (χ2v) is 5.82. The van der Waals surface area contributed by atoms with Crippen molar-refractivity contribution in [3.8, 4) is 0 Å². The van der Waals surface area contributed by atoms with Gasteiger partial charge in [0.05, 0.1) is 13.2 Å². The summed E-state index contributed by atoms with van der Waals surface area (Å²) in [6, 6.07) is 0. The van der Waals surface area contributed by atoms with Crippen LogP contribution in [0.3, 0.4) is 0 Å². The highest BCUT2D eigenvalue weighted by Gasteiger charge is 2.19. The Morgan fingerprint density at radius 3 is 2.71 bits per heavy atom. The Hall–Kier alpha value is -1.62. The summed E-state index contributed by atoms with van der Waals surface area (Å²) in [6.45, 7) is 4.28. The monoisotopic (exact) mass is 377 g/mol. The first-order valence-electron chi connectivity index (χ1n) is 7.01. The highest BCUT2D eigenvalue weighted by Crippen LogP contribution is 2.26. The van der Waals surface area contributed by atoms with Crippen LogP contribution in [0, 0.1) is 12.3 Å². The molecule has 1 aromatic rings. The van der Waals surface area contributed by atoms with Crippen molar-refractivity contribution in [2.24, 2.45) is 5.73 Å². The normalized spacial score (nSPS) is 14.1. The van der Waals surface area contributed by atoms with Crippen LogP contribution < -0.4 is 11.2 Å². The summed E-state index contributed by atoms with van der Waals surface area (Å²) in [4.78, 5) is 24.0. The van der Waals surface area contributed by atoms with Gasteiger partial charge in [0.1, 0.15) is 5.03 Å². The van der Waals surface area contributed by atoms with Crippen LogP contribution in [-0.2, 0) is 25.5 Å². The second-order valence-electron chi connectivity index (χ2n) is 4.79. The van der Waals surface area contributed by atoms with Gasteiger partial charge < -0.3 is 20.0 Å². The Kier molecular flexibility index (Phi) is 8.19. The number of anilines is 1. The number of nitrogens with zero attached hydrogens (tertiary/aromatic N) is 2. The molecule has 134 valence electrons. The number of hydrogen-bond donors (Lipinski definition) is 3. The fourth-order valence-electron chi connectivity index (χ4n) is 2.05. The zero-order valence-corrected chi connectivity index (χ0v) is 15.0. The molecule has 1 aromatic heterocycles. The van der Waals surface area contributed by atoms with Crippen LogP contribution in [0.1, 0.15) is 24.6 Å². The molecule has 0 aromatic carbocycles. The lowest BCUT2D eigenvalue weighted by molar-refractivity contribution is -0.138. The van der Waals surface area contributed by atoms with Gasteiger partial charge in [0.15, 0.2) is 11.5 Å². The van der Waals surface area contributed by atoms with E-state index in [1.807, 2.05) is 6.92 Å². The van der Waals surface area contributed by atoms with Crippen LogP contribution in [0.5, 0.6) is 0 Å². The first-order chi connectivity index (χ1) is 11.0. The highest BCUT2D eigenvalue weighted by molar-refractivity contribution is 8.13. The average Bonchev–Trinajstić information content (AvgIpc) is 2.97. The molecule has 2 rings (SSSR count). The van der Waals surface area contributed by atoms with E-state index in [2.05, 4.69) is 20.3 Å². The fraction of sp³-hybridized carbons (Fsp3) is 0.538. The third-order valence-corrected chi connectivity index (χ3v) is 3.74. The Morgan fingerprint density at radius 2 is 2.12 bits per heavy atom. The summed E-state index contributed by atoms with van der Waals surface area (Å²) in [5, 5.41) is 7.92. The number of nitrogens with one attached hydrogen (secondary N) is 2. The minimum atomic E-state index is -0.508. The molecule has 0 unspecified atom stereocenters. The smallest absolute Gasteiger partial charge is 0.329 e. The molecule has 1 fully saturated rings. The first kappa shape index (κ1) is 20.4. The lowest BCUT2D eigenvalue weighted by atomic mass is 10.1. The number of aryl methyl sites for hydroxylation is 1. The molecular weight excluding hydrogens is 358 g/mol. The molecule has 0 amide bonds. The Bertz CT molecular complexity index is 598. The van der Waals surface area contributed by atoms with Crippen LogP contribution in [-0.4, -0.2) is 40.6 Å². The van der Waals surface area contributed by atoms with Crippen molar-refractivity contribution >= 4 is 41.3 Å². The quantitative estimate of drug-likeness (QED) is 0.221. The van der Waals surface area contributed by atoms with Crippen LogP contribution in [0.15, 0.2) is 5.03 Å². The molecule has 4 N–H and O–H groups in total. The molecule has 0 aliphatic carbocycles. The third kappa shape index (κ3) is 6.11. The van der Waals surface area contributed by atoms with Gasteiger partial charge in [-0.25, -0.2) is 9.97 Å². The van der Waals surface area contributed by atoms with E-state index in [9.17, 15) is 4.79 Å². The summed E-state index contributed by atoms with van der Waals surface area (Å²) in [5.74, 6) is -0.370. The summed E-state index contributed by atoms with van der Waals surface area (Å²) in [7, 11) is 0. The van der Waals surface area contributed by atoms with E-state index in [0.29, 0.717) is 36.8 Å². The Balaban J connectivity index is 0.00000288. The van der Waals surface area contributed by atoms with E-state index >= 15 is 0 Å². The number of rotatable bonds is 6. The maximum absolute atomic E-state index is 10.9. The molecule has 0 bridgehead atoms. The van der Waals surface area contributed by atoms with Gasteiger partial charge >= 0.3 is 5.97 Å². The van der Waals surface area contributed by atoms with E-state index in [-0.39, 0.29) is 29.8 Å². The third-order valence-electron chi connectivity index (χ3n) is 2.99. The van der Waals surface area contributed by atoms with Gasteiger partial charge in [0.2, 0.25) is 0 Å². The van der Waals surface area contributed by atoms with Crippen molar-refractivity contribution in [3.05, 3.63) is 11.3 Å². The highest BCUT2D eigenvalue weighted by atomic mass is 35.5. The van der Waals surface area contributed by atoms with Crippen molar-refractivity contribution in [3.63, 3.8) is 0 Å². The van der Waals surface area contributed by atoms with Gasteiger partial charge in [-0.05, 0) is 25.1 Å². The standard InChI is InChI=1S/C13H19N5O4S.ClH/c1-7-9(3-4-10-20-5-6-21-10)11(23-12(14)15)17-13(16-7)18-22-8(2)19;/h10H,3-6H2,1-2H3,(H3,14,15)(H,16,17,18);1H. The zero-order valence-electron chi connectivity index (χ0n) is 13.3. The van der Waals surface area contributed by atoms with Crippen molar-refractivity contribution in [1.29, 1.82) is 5.41 Å². The van der Waals surface area contributed by atoms with Crippen molar-refractivity contribution < 1.29 is 19.1 Å². The summed E-state index contributed by atoms with van der Waals surface area (Å²) < 4.78 is 10.8. The predicted octanol–water partition coefficient (Wildman–Crippen LogP) is 1.39. The van der Waals surface area contributed by atoms with Crippen LogP contribution >= 0.6 is 24.2 Å². The van der Waals surface area contributed by atoms with Gasteiger partial charge in [-0.2, -0.15) is 5.48 Å². The lowest BCUT2D eigenvalue weighted by Gasteiger charge is -2.14. The van der Waals surface area contributed by atoms with Crippen molar-refractivity contribution in [2.75, 3.05) is 18.7 Å². The van der Waals surface area contributed by atoms with Gasteiger partial charge in [0.25, 0.3) is 5.95 Å². The minimum Gasteiger partial charge on any atom is -0.378 e. The lowest BCUT2D eigenvalue weighted by Crippen LogP contribution is -2.14. The summed E-state index contributed by atoms with van der Waals surface area (Å²) in [5.41, 5.74) is 9.41. The topological polar surface area (TPSA) is 132 Å². The van der Waals surface area contributed by atoms with E-state index in [1.165, 1.54) is 6.92 Å². The molecule has 1 saturated heterocycles. The van der Waals surface area contributed by atoms with Crippen LogP contribution in [0.25, 0.3) is 0 Å². The van der Waals surface area contributed by atoms with Gasteiger partial charge in [-0.15, -0.1) is 12.4 Å². The molecule has 24 heavy (non-hydrogen) atoms. The number of thioether (sulfide) groups is 1. The maximum Gasteiger partial charge on any atom is 0.329 e. The summed E-state index contributed by atoms with van der Waals surface area (Å²) >= 11 is 1.02. The number of carbonyl (C=O) groups excluding carboxylic acids is 1. The SMILES string of the molecule is CC(=O)ONc1nc(C)c(CCC2OCCO2)c(SC(=N)N)n1.Cl. The molecule has 1 aliphatic rings. The number of aromatic nitrogens is 2. The molecular formula is C13H20ClN5O4S. The largest absolute Gasteiger partial charge is 0.378 e. The number of carbonyl (C=O) groups is 1. The number of amidine groups is 1. The van der Waals surface area contributed by atoms with Gasteiger partial charge in [0, 0.05) is 24.6 Å². The van der Waals surface area contributed by atoms with Crippen LogP contribution in [0.2, 0.25) is 0 Å². The van der Waals surface area contributed by atoms with Gasteiger partial charge in [-0.1, -0.05) is 0 Å². The number of nitrogens with two attached hydrogens (primary N) is 1. The molecule has 0 atom stereocenters. The number of halogens is 1. The van der Waals surface area contributed by atoms with E-state index < -0.39 is 5.97 Å². The van der Waals surface area contributed by atoms with Crippen molar-refractivity contribution in [2.45, 2.75) is 38.0 Å². The Morgan fingerprint density at radius 1 is 1.46 bits per heavy atom. The molecule has 2 heterocycles. The van der Waals surface area contributed by atoms with E-state index in [1.54, 1.807) is 0 Å². The maximum atomic E-state index is 10.9. The first-order valence-corrected chi connectivity index (χ1v) is 7.83. The number of ether oxygens (including phenoxy) is 2. The molecule has 0 saturated carbocycles. The molecule has 0 radical (unpaired) electrons. The van der Waals surface area contributed by atoms with E-state index in [0.717, 1.165) is 17.3 Å². The summed E-state index contributed by atoms with van der Waals surface area (Å²) in [6.07, 6.45) is 1.05. The number of hydrogen-bond acceptors (Lipinski definition) is 9. The van der Waals surface area contributed by atoms with Crippen LogP contribution in [0.4, 0.5) is 5.95 Å². The minimum absolute atomic E-state index is 0.